The number of aryl methyl sites for hydroxylation is 1. The van der Waals surface area contributed by atoms with Gasteiger partial charge >= 0.3 is 0 Å². The summed E-state index contributed by atoms with van der Waals surface area (Å²) in [6, 6.07) is 10.9. The number of thiazole rings is 1. The van der Waals surface area contributed by atoms with Crippen molar-refractivity contribution in [2.75, 3.05) is 20.1 Å². The van der Waals surface area contributed by atoms with Gasteiger partial charge in [0.1, 0.15) is 0 Å². The number of piperidine rings is 1. The quantitative estimate of drug-likeness (QED) is 0.414. The van der Waals surface area contributed by atoms with Crippen LogP contribution in [-0.4, -0.2) is 36.0 Å². The largest absolute Gasteiger partial charge is 0.351 e. The second kappa shape index (κ2) is 9.52. The Hall–Kier alpha value is -1.15. The third-order valence-corrected chi connectivity index (χ3v) is 5.65. The van der Waals surface area contributed by atoms with Crippen LogP contribution in [0.3, 0.4) is 0 Å². The third kappa shape index (κ3) is 5.17. The zero-order valence-corrected chi connectivity index (χ0v) is 18.3. The number of aromatic nitrogens is 1. The van der Waals surface area contributed by atoms with Crippen LogP contribution in [0.25, 0.3) is 0 Å². The molecular weight excluding hydrogens is 443 g/mol. The average Bonchev–Trinajstić information content (AvgIpc) is 3.02. The Kier molecular flexibility index (Phi) is 7.68. The monoisotopic (exact) mass is 470 g/mol. The van der Waals surface area contributed by atoms with E-state index in [2.05, 4.69) is 57.4 Å². The van der Waals surface area contributed by atoms with Gasteiger partial charge in [-0.05, 0) is 30.7 Å². The van der Waals surface area contributed by atoms with Gasteiger partial charge in [-0.15, -0.1) is 35.3 Å². The average molecular weight is 470 g/mol. The van der Waals surface area contributed by atoms with E-state index in [-0.39, 0.29) is 24.0 Å². The molecule has 0 bridgehead atoms. The topological polar surface area (TPSA) is 40.5 Å². The summed E-state index contributed by atoms with van der Waals surface area (Å²) in [5, 5.41) is 4.60. The lowest BCUT2D eigenvalue weighted by Gasteiger charge is -2.38. The summed E-state index contributed by atoms with van der Waals surface area (Å²) in [5.41, 5.74) is 1.47. The Bertz CT molecular complexity index is 686. The molecule has 1 aromatic carbocycles. The van der Waals surface area contributed by atoms with Crippen LogP contribution in [0.1, 0.15) is 34.7 Å². The first-order chi connectivity index (χ1) is 11.7. The molecule has 136 valence electrons. The summed E-state index contributed by atoms with van der Waals surface area (Å²) in [6.07, 6.45) is 3.12. The van der Waals surface area contributed by atoms with Crippen molar-refractivity contribution in [2.45, 2.75) is 32.7 Å². The lowest BCUT2D eigenvalue weighted by atomic mass is 9.82. The van der Waals surface area contributed by atoms with Gasteiger partial charge in [-0.25, -0.2) is 4.98 Å². The van der Waals surface area contributed by atoms with Crippen LogP contribution in [0.4, 0.5) is 0 Å². The van der Waals surface area contributed by atoms with Crippen molar-refractivity contribution in [1.29, 1.82) is 0 Å². The molecule has 2 atom stereocenters. The molecule has 1 fully saturated rings. The van der Waals surface area contributed by atoms with Crippen LogP contribution < -0.4 is 5.32 Å². The highest BCUT2D eigenvalue weighted by atomic mass is 127. The highest BCUT2D eigenvalue weighted by Crippen LogP contribution is 2.32. The fourth-order valence-corrected chi connectivity index (χ4v) is 4.25. The molecule has 1 aliphatic rings. The van der Waals surface area contributed by atoms with Crippen molar-refractivity contribution >= 4 is 41.3 Å². The maximum absolute atomic E-state index is 4.48. The highest BCUT2D eigenvalue weighted by Gasteiger charge is 2.28. The first-order valence-electron chi connectivity index (χ1n) is 8.59. The maximum Gasteiger partial charge on any atom is 0.193 e. The van der Waals surface area contributed by atoms with Gasteiger partial charge in [-0.1, -0.05) is 37.3 Å². The number of nitrogens with one attached hydrogen (secondary N) is 1. The summed E-state index contributed by atoms with van der Waals surface area (Å²) in [7, 11) is 1.87. The molecule has 3 rings (SSSR count). The minimum atomic E-state index is 0. The Morgan fingerprint density at radius 1 is 1.36 bits per heavy atom. The molecule has 25 heavy (non-hydrogen) atoms. The molecule has 1 saturated heterocycles. The molecule has 0 aliphatic carbocycles. The predicted molar refractivity (Wildman–Crippen MR) is 117 cm³/mol. The van der Waals surface area contributed by atoms with Gasteiger partial charge in [-0.3, -0.25) is 4.99 Å². The predicted octanol–water partition coefficient (Wildman–Crippen LogP) is 4.27. The normalized spacial score (nSPS) is 20.9. The lowest BCUT2D eigenvalue weighted by Crippen LogP contribution is -2.47. The maximum atomic E-state index is 4.48. The number of rotatable bonds is 3. The molecule has 0 spiro atoms. The smallest absolute Gasteiger partial charge is 0.193 e. The minimum absolute atomic E-state index is 0. The Balaban J connectivity index is 0.00000225. The molecule has 2 unspecified atom stereocenters. The first kappa shape index (κ1) is 20.2. The van der Waals surface area contributed by atoms with Crippen molar-refractivity contribution in [3.8, 4) is 0 Å². The first-order valence-corrected chi connectivity index (χ1v) is 9.41. The molecule has 4 nitrogen and oxygen atoms in total. The van der Waals surface area contributed by atoms with Gasteiger partial charge in [-0.2, -0.15) is 0 Å². The van der Waals surface area contributed by atoms with E-state index in [1.807, 2.05) is 20.2 Å². The van der Waals surface area contributed by atoms with Crippen molar-refractivity contribution < 1.29 is 0 Å². The summed E-state index contributed by atoms with van der Waals surface area (Å²) in [5.74, 6) is 2.26. The zero-order chi connectivity index (χ0) is 16.9. The van der Waals surface area contributed by atoms with Crippen molar-refractivity contribution in [2.24, 2.45) is 10.9 Å². The summed E-state index contributed by atoms with van der Waals surface area (Å²) >= 11 is 1.74. The van der Waals surface area contributed by atoms with Crippen molar-refractivity contribution in [1.82, 2.24) is 15.2 Å². The van der Waals surface area contributed by atoms with Gasteiger partial charge in [0, 0.05) is 31.2 Å². The molecule has 0 amide bonds. The fraction of sp³-hybridized carbons (Fsp3) is 0.474. The van der Waals surface area contributed by atoms with Crippen LogP contribution in [0.15, 0.2) is 41.5 Å². The molecule has 6 heteroatoms. The van der Waals surface area contributed by atoms with E-state index in [9.17, 15) is 0 Å². The molecule has 0 saturated carbocycles. The van der Waals surface area contributed by atoms with Crippen molar-refractivity contribution in [3.63, 3.8) is 0 Å². The summed E-state index contributed by atoms with van der Waals surface area (Å²) in [6.45, 7) is 7.28. The Morgan fingerprint density at radius 2 is 2.12 bits per heavy atom. The number of nitrogens with zero attached hydrogens (tertiary/aromatic N) is 3. The van der Waals surface area contributed by atoms with E-state index in [1.165, 1.54) is 16.9 Å². The van der Waals surface area contributed by atoms with Crippen LogP contribution in [0, 0.1) is 12.8 Å². The number of benzene rings is 1. The molecule has 2 aromatic rings. The third-order valence-electron chi connectivity index (χ3n) is 4.73. The summed E-state index contributed by atoms with van der Waals surface area (Å²) in [4.78, 5) is 12.4. The summed E-state index contributed by atoms with van der Waals surface area (Å²) < 4.78 is 0. The molecule has 1 aromatic heterocycles. The Labute approximate surface area is 171 Å². The van der Waals surface area contributed by atoms with Gasteiger partial charge in [0.05, 0.1) is 11.6 Å². The molecule has 1 N–H and O–H groups in total. The van der Waals surface area contributed by atoms with Gasteiger partial charge in [0.15, 0.2) is 5.96 Å². The van der Waals surface area contributed by atoms with E-state index in [4.69, 9.17) is 0 Å². The van der Waals surface area contributed by atoms with E-state index < -0.39 is 0 Å². The fourth-order valence-electron chi connectivity index (χ4n) is 3.52. The van der Waals surface area contributed by atoms with Crippen LogP contribution in [-0.2, 0) is 6.54 Å². The number of guanidine groups is 1. The number of hydrogen-bond acceptors (Lipinski definition) is 3. The van der Waals surface area contributed by atoms with Gasteiger partial charge in [0.2, 0.25) is 0 Å². The zero-order valence-electron chi connectivity index (χ0n) is 15.1. The molecule has 0 radical (unpaired) electrons. The van der Waals surface area contributed by atoms with E-state index in [1.54, 1.807) is 11.3 Å². The highest BCUT2D eigenvalue weighted by molar-refractivity contribution is 14.0. The standard InChI is InChI=1S/C19H26N4S.HI/c1-14-13-23(10-9-18(14)16-7-5-4-6-8-16)19(20-3)22-12-17-11-21-15(2)24-17;/h4-8,11,14,18H,9-10,12-13H2,1-3H3,(H,20,22);1H. The van der Waals surface area contributed by atoms with E-state index >= 15 is 0 Å². The number of hydrogen-bond donors (Lipinski definition) is 1. The molecular formula is C19H27IN4S. The number of aliphatic imine (C=N–C) groups is 1. The number of halogens is 1. The SMILES string of the molecule is CN=C(NCc1cnc(C)s1)N1CCC(c2ccccc2)C(C)C1.I. The van der Waals surface area contributed by atoms with Crippen LogP contribution in [0.5, 0.6) is 0 Å². The van der Waals surface area contributed by atoms with Crippen LogP contribution in [0.2, 0.25) is 0 Å². The van der Waals surface area contributed by atoms with Gasteiger partial charge in [0.25, 0.3) is 0 Å². The molecule has 2 heterocycles. The number of likely N-dealkylation sites (tertiary alicyclic amines) is 1. The second-order valence-corrected chi connectivity index (χ2v) is 7.79. The minimum Gasteiger partial charge on any atom is -0.351 e. The van der Waals surface area contributed by atoms with E-state index in [0.29, 0.717) is 11.8 Å². The van der Waals surface area contributed by atoms with Crippen molar-refractivity contribution in [3.05, 3.63) is 52.0 Å². The molecule has 1 aliphatic heterocycles. The van der Waals surface area contributed by atoms with E-state index in [0.717, 1.165) is 30.6 Å². The second-order valence-electron chi connectivity index (χ2n) is 6.48. The van der Waals surface area contributed by atoms with Crippen LogP contribution >= 0.6 is 35.3 Å². The Morgan fingerprint density at radius 3 is 2.72 bits per heavy atom. The van der Waals surface area contributed by atoms with Gasteiger partial charge < -0.3 is 10.2 Å². The lowest BCUT2D eigenvalue weighted by molar-refractivity contribution is 0.234.